The number of methoxy groups -OCH3 is 2. The van der Waals surface area contributed by atoms with Gasteiger partial charge in [0.2, 0.25) is 5.91 Å². The van der Waals surface area contributed by atoms with Crippen molar-refractivity contribution in [3.8, 4) is 5.75 Å². The third kappa shape index (κ3) is 4.75. The Morgan fingerprint density at radius 2 is 1.78 bits per heavy atom. The molecule has 1 amide bonds. The highest BCUT2D eigenvalue weighted by Crippen LogP contribution is 2.42. The molecule has 2 rings (SSSR count). The number of hydrogen-bond donors (Lipinski definition) is 1. The number of carbonyl (C=O) groups is 2. The zero-order valence-corrected chi connectivity index (χ0v) is 17.6. The lowest BCUT2D eigenvalue weighted by atomic mass is 9.67. The zero-order chi connectivity index (χ0) is 20.2. The van der Waals surface area contributed by atoms with Gasteiger partial charge < -0.3 is 14.8 Å². The first kappa shape index (κ1) is 21.5. The van der Waals surface area contributed by atoms with Crippen molar-refractivity contribution in [1.82, 2.24) is 5.32 Å². The first-order valence-electron chi connectivity index (χ1n) is 9.32. The molecule has 0 aliphatic heterocycles. The van der Waals surface area contributed by atoms with Gasteiger partial charge in [0.15, 0.2) is 0 Å². The quantitative estimate of drug-likeness (QED) is 0.598. The van der Waals surface area contributed by atoms with Crippen molar-refractivity contribution in [2.24, 2.45) is 11.3 Å². The average molecular weight is 396 g/mol. The second-order valence-electron chi connectivity index (χ2n) is 8.31. The number of esters is 1. The molecule has 5 nitrogen and oxygen atoms in total. The van der Waals surface area contributed by atoms with Crippen molar-refractivity contribution < 1.29 is 19.1 Å². The standard InChI is InChI=1S/C21H30ClNO4/c1-20(2,3)14-10-12-21(13-11-14,19(25)27-5)23-18(24)17(22)15-8-6-7-9-16(15)26-4/h6-9,14,17H,10-13H2,1-5H3,(H,23,24). The van der Waals surface area contributed by atoms with Crippen LogP contribution < -0.4 is 10.1 Å². The molecule has 0 spiro atoms. The molecule has 1 aliphatic carbocycles. The minimum Gasteiger partial charge on any atom is -0.496 e. The van der Waals surface area contributed by atoms with E-state index in [1.807, 2.05) is 6.07 Å². The fraction of sp³-hybridized carbons (Fsp3) is 0.619. The Morgan fingerprint density at radius 1 is 1.19 bits per heavy atom. The minimum atomic E-state index is -1.03. The lowest BCUT2D eigenvalue weighted by molar-refractivity contribution is -0.153. The van der Waals surface area contributed by atoms with Gasteiger partial charge in [-0.25, -0.2) is 4.79 Å². The molecule has 0 radical (unpaired) electrons. The molecular weight excluding hydrogens is 366 g/mol. The monoisotopic (exact) mass is 395 g/mol. The van der Waals surface area contributed by atoms with E-state index < -0.39 is 22.8 Å². The van der Waals surface area contributed by atoms with E-state index in [9.17, 15) is 9.59 Å². The molecule has 0 heterocycles. The van der Waals surface area contributed by atoms with E-state index in [4.69, 9.17) is 21.1 Å². The summed E-state index contributed by atoms with van der Waals surface area (Å²) in [7, 11) is 2.88. The predicted octanol–water partition coefficient (Wildman–Crippen LogP) is 4.24. The highest BCUT2D eigenvalue weighted by atomic mass is 35.5. The number of benzene rings is 1. The molecule has 0 saturated heterocycles. The molecule has 1 unspecified atom stereocenters. The molecule has 6 heteroatoms. The van der Waals surface area contributed by atoms with Crippen LogP contribution in [-0.2, 0) is 14.3 Å². The molecule has 150 valence electrons. The number of carbonyl (C=O) groups excluding carboxylic acids is 2. The maximum atomic E-state index is 12.9. The fourth-order valence-electron chi connectivity index (χ4n) is 3.87. The van der Waals surface area contributed by atoms with E-state index in [-0.39, 0.29) is 5.41 Å². The molecule has 0 aromatic heterocycles. The molecule has 1 aromatic carbocycles. The number of hydrogen-bond acceptors (Lipinski definition) is 4. The summed E-state index contributed by atoms with van der Waals surface area (Å²) in [6, 6.07) is 7.11. The highest BCUT2D eigenvalue weighted by molar-refractivity contribution is 6.31. The molecule has 1 atom stereocenters. The summed E-state index contributed by atoms with van der Waals surface area (Å²) in [5.41, 5.74) is -0.288. The lowest BCUT2D eigenvalue weighted by Gasteiger charge is -2.42. The van der Waals surface area contributed by atoms with Crippen molar-refractivity contribution in [1.29, 1.82) is 0 Å². The van der Waals surface area contributed by atoms with Gasteiger partial charge in [0.1, 0.15) is 16.7 Å². The number of rotatable bonds is 5. The van der Waals surface area contributed by atoms with Crippen LogP contribution in [0.2, 0.25) is 0 Å². The Balaban J connectivity index is 2.19. The zero-order valence-electron chi connectivity index (χ0n) is 16.8. The van der Waals surface area contributed by atoms with Crippen LogP contribution in [0.4, 0.5) is 0 Å². The topological polar surface area (TPSA) is 64.6 Å². The minimum absolute atomic E-state index is 0.165. The molecular formula is C21H30ClNO4. The van der Waals surface area contributed by atoms with Crippen molar-refractivity contribution in [3.63, 3.8) is 0 Å². The number of halogens is 1. The van der Waals surface area contributed by atoms with Gasteiger partial charge in [0.05, 0.1) is 14.2 Å². The van der Waals surface area contributed by atoms with Crippen LogP contribution >= 0.6 is 11.6 Å². The van der Waals surface area contributed by atoms with Crippen LogP contribution in [0.15, 0.2) is 24.3 Å². The second-order valence-corrected chi connectivity index (χ2v) is 8.74. The van der Waals surface area contributed by atoms with E-state index in [0.717, 1.165) is 12.8 Å². The Kier molecular flexibility index (Phi) is 6.79. The van der Waals surface area contributed by atoms with Gasteiger partial charge in [0.25, 0.3) is 0 Å². The summed E-state index contributed by atoms with van der Waals surface area (Å²) in [6.07, 6.45) is 2.78. The number of ether oxygens (including phenoxy) is 2. The summed E-state index contributed by atoms with van der Waals surface area (Å²) in [4.78, 5) is 25.4. The van der Waals surface area contributed by atoms with Gasteiger partial charge >= 0.3 is 5.97 Å². The van der Waals surface area contributed by atoms with Crippen LogP contribution in [0, 0.1) is 11.3 Å². The fourth-order valence-corrected chi connectivity index (χ4v) is 4.10. The predicted molar refractivity (Wildman–Crippen MR) is 106 cm³/mol. The van der Waals surface area contributed by atoms with E-state index in [2.05, 4.69) is 26.1 Å². The maximum absolute atomic E-state index is 12.9. The maximum Gasteiger partial charge on any atom is 0.331 e. The van der Waals surface area contributed by atoms with Gasteiger partial charge in [0, 0.05) is 5.56 Å². The average Bonchev–Trinajstić information content (AvgIpc) is 2.66. The van der Waals surface area contributed by atoms with Crippen molar-refractivity contribution in [3.05, 3.63) is 29.8 Å². The summed E-state index contributed by atoms with van der Waals surface area (Å²) in [5, 5.41) is 1.95. The summed E-state index contributed by atoms with van der Waals surface area (Å²) >= 11 is 6.43. The molecule has 1 fully saturated rings. The number of amides is 1. The number of alkyl halides is 1. The normalized spacial score (nSPS) is 24.0. The van der Waals surface area contributed by atoms with Crippen molar-refractivity contribution in [2.45, 2.75) is 57.4 Å². The molecule has 1 saturated carbocycles. The van der Waals surface area contributed by atoms with Gasteiger partial charge in [-0.05, 0) is 43.1 Å². The van der Waals surface area contributed by atoms with Crippen LogP contribution in [0.1, 0.15) is 57.4 Å². The van der Waals surface area contributed by atoms with Gasteiger partial charge in [-0.2, -0.15) is 0 Å². The van der Waals surface area contributed by atoms with Crippen LogP contribution in [0.5, 0.6) is 5.75 Å². The molecule has 27 heavy (non-hydrogen) atoms. The van der Waals surface area contributed by atoms with Gasteiger partial charge in [-0.15, -0.1) is 11.6 Å². The smallest absolute Gasteiger partial charge is 0.331 e. The number of para-hydroxylation sites is 1. The van der Waals surface area contributed by atoms with E-state index in [0.29, 0.717) is 30.1 Å². The largest absolute Gasteiger partial charge is 0.496 e. The van der Waals surface area contributed by atoms with E-state index in [1.165, 1.54) is 14.2 Å². The summed E-state index contributed by atoms with van der Waals surface area (Å²) < 4.78 is 10.3. The Labute approximate surface area is 166 Å². The lowest BCUT2D eigenvalue weighted by Crippen LogP contribution is -2.58. The summed E-state index contributed by atoms with van der Waals surface area (Å²) in [5.74, 6) is 0.206. The number of nitrogens with one attached hydrogen (secondary N) is 1. The highest BCUT2D eigenvalue weighted by Gasteiger charge is 2.46. The van der Waals surface area contributed by atoms with Gasteiger partial charge in [-0.1, -0.05) is 39.0 Å². The molecule has 0 bridgehead atoms. The Morgan fingerprint density at radius 3 is 2.30 bits per heavy atom. The molecule has 1 N–H and O–H groups in total. The third-order valence-corrected chi connectivity index (χ3v) is 6.08. The van der Waals surface area contributed by atoms with Crippen LogP contribution in [0.3, 0.4) is 0 Å². The van der Waals surface area contributed by atoms with Crippen LogP contribution in [-0.4, -0.2) is 31.6 Å². The Hall–Kier alpha value is -1.75. The van der Waals surface area contributed by atoms with Crippen molar-refractivity contribution >= 4 is 23.5 Å². The van der Waals surface area contributed by atoms with E-state index >= 15 is 0 Å². The first-order valence-corrected chi connectivity index (χ1v) is 9.75. The first-order chi connectivity index (χ1) is 12.6. The Bertz CT molecular complexity index is 675. The van der Waals surface area contributed by atoms with Gasteiger partial charge in [-0.3, -0.25) is 4.79 Å². The molecule has 1 aliphatic rings. The van der Waals surface area contributed by atoms with Crippen molar-refractivity contribution in [2.75, 3.05) is 14.2 Å². The molecule has 1 aromatic rings. The van der Waals surface area contributed by atoms with E-state index in [1.54, 1.807) is 18.2 Å². The second kappa shape index (κ2) is 8.51. The third-order valence-electron chi connectivity index (χ3n) is 5.64. The summed E-state index contributed by atoms with van der Waals surface area (Å²) in [6.45, 7) is 6.62. The SMILES string of the molecule is COC(=O)C1(NC(=O)C(Cl)c2ccccc2OC)CCC(C(C)(C)C)CC1. The van der Waals surface area contributed by atoms with Crippen LogP contribution in [0.25, 0.3) is 0 Å².